The van der Waals surface area contributed by atoms with Crippen molar-refractivity contribution in [2.24, 2.45) is 11.0 Å². The minimum Gasteiger partial charge on any atom is -0.506 e. The van der Waals surface area contributed by atoms with Gasteiger partial charge in [0.25, 0.3) is 0 Å². The van der Waals surface area contributed by atoms with E-state index in [1.807, 2.05) is 12.1 Å². The van der Waals surface area contributed by atoms with Crippen molar-refractivity contribution in [2.75, 3.05) is 19.6 Å². The van der Waals surface area contributed by atoms with Gasteiger partial charge < -0.3 is 15.4 Å². The van der Waals surface area contributed by atoms with E-state index in [-0.39, 0.29) is 11.8 Å². The van der Waals surface area contributed by atoms with Gasteiger partial charge in [0.05, 0.1) is 15.0 Å². The van der Waals surface area contributed by atoms with Crippen LogP contribution in [-0.2, 0) is 0 Å². The van der Waals surface area contributed by atoms with E-state index in [4.69, 9.17) is 0 Å². The summed E-state index contributed by atoms with van der Waals surface area (Å²) in [6.07, 6.45) is 1.04. The molecule has 3 rings (SSSR count). The standard InChI is InChI=1S/C14H17Br2N3O/c1-2-19-4-3-12-9(7-19)13(18-17-12)8-5-10(15)14(20)11(16)6-8/h5-6,9,13,18,20H,2-4,7H2,1H3. The Morgan fingerprint density at radius 1 is 1.40 bits per heavy atom. The lowest BCUT2D eigenvalue weighted by Crippen LogP contribution is -2.41. The lowest BCUT2D eigenvalue weighted by Gasteiger charge is -2.32. The maximum atomic E-state index is 9.84. The molecular weight excluding hydrogens is 386 g/mol. The fraction of sp³-hybridized carbons (Fsp3) is 0.500. The van der Waals surface area contributed by atoms with Gasteiger partial charge in [-0.1, -0.05) is 6.92 Å². The van der Waals surface area contributed by atoms with Gasteiger partial charge >= 0.3 is 0 Å². The molecule has 1 aromatic carbocycles. The number of phenolic OH excluding ortho intramolecular Hbond substituents is 1. The molecule has 2 atom stereocenters. The number of fused-ring (bicyclic) bond motifs is 1. The first kappa shape index (κ1) is 14.4. The highest BCUT2D eigenvalue weighted by Crippen LogP contribution is 2.39. The number of hydrogen-bond donors (Lipinski definition) is 2. The average molecular weight is 403 g/mol. The van der Waals surface area contributed by atoms with Gasteiger partial charge in [-0.2, -0.15) is 5.10 Å². The number of hydrazone groups is 1. The molecule has 0 spiro atoms. The Morgan fingerprint density at radius 2 is 2.10 bits per heavy atom. The van der Waals surface area contributed by atoms with Crippen LogP contribution in [0.3, 0.4) is 0 Å². The lowest BCUT2D eigenvalue weighted by atomic mass is 9.86. The van der Waals surface area contributed by atoms with Crippen LogP contribution in [0.25, 0.3) is 0 Å². The maximum Gasteiger partial charge on any atom is 0.143 e. The Balaban J connectivity index is 1.88. The second-order valence-corrected chi connectivity index (χ2v) is 7.00. The minimum atomic E-state index is 0.188. The molecule has 0 aliphatic carbocycles. The fourth-order valence-corrected chi connectivity index (χ4v) is 4.19. The molecule has 2 aliphatic rings. The zero-order valence-electron chi connectivity index (χ0n) is 11.2. The van der Waals surface area contributed by atoms with Crippen molar-refractivity contribution < 1.29 is 5.11 Å². The number of piperidine rings is 1. The van der Waals surface area contributed by atoms with E-state index >= 15 is 0 Å². The van der Waals surface area contributed by atoms with Crippen molar-refractivity contribution in [3.05, 3.63) is 26.6 Å². The predicted octanol–water partition coefficient (Wildman–Crippen LogP) is 3.26. The third-order valence-electron chi connectivity index (χ3n) is 4.16. The number of rotatable bonds is 2. The van der Waals surface area contributed by atoms with E-state index in [2.05, 4.69) is 54.2 Å². The molecule has 4 nitrogen and oxygen atoms in total. The highest BCUT2D eigenvalue weighted by Gasteiger charge is 2.36. The Bertz CT molecular complexity index is 538. The average Bonchev–Trinajstić information content (AvgIpc) is 2.87. The summed E-state index contributed by atoms with van der Waals surface area (Å²) in [6, 6.07) is 4.13. The van der Waals surface area contributed by atoms with Crippen molar-refractivity contribution in [3.8, 4) is 5.75 Å². The van der Waals surface area contributed by atoms with Crippen molar-refractivity contribution in [1.29, 1.82) is 0 Å². The van der Waals surface area contributed by atoms with Crippen LogP contribution >= 0.6 is 31.9 Å². The quantitative estimate of drug-likeness (QED) is 0.798. The largest absolute Gasteiger partial charge is 0.506 e. The summed E-state index contributed by atoms with van der Waals surface area (Å²) in [7, 11) is 0. The number of nitrogens with one attached hydrogen (secondary N) is 1. The minimum absolute atomic E-state index is 0.188. The monoisotopic (exact) mass is 401 g/mol. The number of hydrogen-bond acceptors (Lipinski definition) is 4. The zero-order valence-corrected chi connectivity index (χ0v) is 14.4. The van der Waals surface area contributed by atoms with Gasteiger partial charge in [0, 0.05) is 31.1 Å². The molecule has 0 aromatic heterocycles. The van der Waals surface area contributed by atoms with Crippen LogP contribution in [0.1, 0.15) is 24.9 Å². The summed E-state index contributed by atoms with van der Waals surface area (Å²) >= 11 is 6.80. The van der Waals surface area contributed by atoms with Crippen molar-refractivity contribution in [3.63, 3.8) is 0 Å². The van der Waals surface area contributed by atoms with Crippen LogP contribution in [0.4, 0.5) is 0 Å². The molecule has 1 fully saturated rings. The SMILES string of the molecule is CCN1CCC2=NNC(c3cc(Br)c(O)c(Br)c3)C2C1. The van der Waals surface area contributed by atoms with E-state index in [0.29, 0.717) is 14.9 Å². The summed E-state index contributed by atoms with van der Waals surface area (Å²) in [6.45, 7) is 5.43. The number of phenols is 1. The molecule has 0 amide bonds. The molecule has 2 heterocycles. The van der Waals surface area contributed by atoms with Gasteiger partial charge in [-0.05, 0) is 56.1 Å². The maximum absolute atomic E-state index is 9.84. The van der Waals surface area contributed by atoms with Crippen LogP contribution in [0.15, 0.2) is 26.2 Å². The molecule has 1 aromatic rings. The van der Waals surface area contributed by atoms with E-state index in [1.54, 1.807) is 0 Å². The smallest absolute Gasteiger partial charge is 0.143 e. The van der Waals surface area contributed by atoms with E-state index in [9.17, 15) is 5.11 Å². The van der Waals surface area contributed by atoms with E-state index in [1.165, 1.54) is 5.71 Å². The van der Waals surface area contributed by atoms with E-state index < -0.39 is 0 Å². The van der Waals surface area contributed by atoms with Crippen molar-refractivity contribution >= 4 is 37.6 Å². The van der Waals surface area contributed by atoms with Gasteiger partial charge in [0.15, 0.2) is 0 Å². The normalized spacial score (nSPS) is 26.1. The topological polar surface area (TPSA) is 47.9 Å². The number of nitrogens with zero attached hydrogens (tertiary/aromatic N) is 2. The first-order valence-corrected chi connectivity index (χ1v) is 8.41. The number of halogens is 2. The van der Waals surface area contributed by atoms with Gasteiger partial charge in [-0.25, -0.2) is 0 Å². The summed E-state index contributed by atoms with van der Waals surface area (Å²) < 4.78 is 1.42. The van der Waals surface area contributed by atoms with Crippen LogP contribution < -0.4 is 5.43 Å². The van der Waals surface area contributed by atoms with Gasteiger partial charge in [0.1, 0.15) is 5.75 Å². The van der Waals surface area contributed by atoms with Crippen LogP contribution in [0.2, 0.25) is 0 Å². The molecule has 0 bridgehead atoms. The Kier molecular flexibility index (Phi) is 4.06. The van der Waals surface area contributed by atoms with Gasteiger partial charge in [0.2, 0.25) is 0 Å². The summed E-state index contributed by atoms with van der Waals surface area (Å²) in [5.41, 5.74) is 5.69. The van der Waals surface area contributed by atoms with Crippen molar-refractivity contribution in [1.82, 2.24) is 10.3 Å². The first-order valence-electron chi connectivity index (χ1n) is 6.82. The summed E-state index contributed by atoms with van der Waals surface area (Å²) in [4.78, 5) is 2.47. The van der Waals surface area contributed by atoms with Crippen molar-refractivity contribution in [2.45, 2.75) is 19.4 Å². The zero-order chi connectivity index (χ0) is 14.3. The predicted molar refractivity (Wildman–Crippen MR) is 87.0 cm³/mol. The molecular formula is C14H17Br2N3O. The Morgan fingerprint density at radius 3 is 2.75 bits per heavy atom. The number of aromatic hydroxyl groups is 1. The summed E-state index contributed by atoms with van der Waals surface area (Å²) in [5.74, 6) is 0.666. The summed E-state index contributed by atoms with van der Waals surface area (Å²) in [5, 5.41) is 14.3. The highest BCUT2D eigenvalue weighted by molar-refractivity contribution is 9.11. The molecule has 1 saturated heterocycles. The van der Waals surface area contributed by atoms with Crippen LogP contribution in [-0.4, -0.2) is 35.4 Å². The third-order valence-corrected chi connectivity index (χ3v) is 5.37. The molecule has 2 unspecified atom stereocenters. The molecule has 0 saturated carbocycles. The Hall–Kier alpha value is -0.590. The van der Waals surface area contributed by atoms with Gasteiger partial charge in [-0.15, -0.1) is 0 Å². The molecule has 108 valence electrons. The molecule has 20 heavy (non-hydrogen) atoms. The van der Waals surface area contributed by atoms with E-state index in [0.717, 1.165) is 31.6 Å². The molecule has 6 heteroatoms. The lowest BCUT2D eigenvalue weighted by molar-refractivity contribution is 0.238. The Labute approximate surface area is 135 Å². The second-order valence-electron chi connectivity index (χ2n) is 5.29. The third kappa shape index (κ3) is 2.49. The second kappa shape index (κ2) is 5.66. The number of benzene rings is 1. The molecule has 2 N–H and O–H groups in total. The highest BCUT2D eigenvalue weighted by atomic mass is 79.9. The van der Waals surface area contributed by atoms with Crippen LogP contribution in [0.5, 0.6) is 5.75 Å². The fourth-order valence-electron chi connectivity index (χ4n) is 2.97. The first-order chi connectivity index (χ1) is 9.60. The molecule has 0 radical (unpaired) electrons. The number of likely N-dealkylation sites (tertiary alicyclic amines) is 1. The van der Waals surface area contributed by atoms with Crippen LogP contribution in [0, 0.1) is 5.92 Å². The molecule has 2 aliphatic heterocycles. The van der Waals surface area contributed by atoms with Gasteiger partial charge in [-0.3, -0.25) is 0 Å².